The molecule has 0 aliphatic heterocycles. The molecule has 0 aromatic heterocycles. The van der Waals surface area contributed by atoms with Gasteiger partial charge in [0.2, 0.25) is 5.76 Å². The highest BCUT2D eigenvalue weighted by Gasteiger charge is 2.12. The lowest BCUT2D eigenvalue weighted by molar-refractivity contribution is -0.141. The van der Waals surface area contributed by atoms with Gasteiger partial charge in [0.05, 0.1) is 79.3 Å². The van der Waals surface area contributed by atoms with E-state index in [0.29, 0.717) is 84.8 Å². The second-order valence-electron chi connectivity index (χ2n) is 7.01. The van der Waals surface area contributed by atoms with Gasteiger partial charge in [-0.25, -0.2) is 4.79 Å². The van der Waals surface area contributed by atoms with E-state index in [1.54, 1.807) is 31.2 Å². The predicted octanol–water partition coefficient (Wildman–Crippen LogP) is 2.49. The third-order valence-electron chi connectivity index (χ3n) is 4.32. The average molecular weight is 499 g/mol. The molecule has 0 aliphatic carbocycles. The molecule has 1 aromatic carbocycles. The number of carbonyl (C=O) groups excluding carboxylic acids is 2. The summed E-state index contributed by atoms with van der Waals surface area (Å²) >= 11 is 0. The van der Waals surface area contributed by atoms with Crippen LogP contribution in [0.3, 0.4) is 0 Å². The summed E-state index contributed by atoms with van der Waals surface area (Å²) in [5, 5.41) is 9.56. The fraction of sp³-hybridized carbons (Fsp3) is 0.600. The second kappa shape index (κ2) is 21.0. The zero-order valence-corrected chi connectivity index (χ0v) is 20.7. The first-order chi connectivity index (χ1) is 17.1. The van der Waals surface area contributed by atoms with Gasteiger partial charge in [-0.05, 0) is 19.4 Å². The Hall–Kier alpha value is -2.34. The topological polar surface area (TPSA) is 119 Å². The van der Waals surface area contributed by atoms with Crippen molar-refractivity contribution in [2.24, 2.45) is 0 Å². The summed E-state index contributed by atoms with van der Waals surface area (Å²) in [7, 11) is 0. The Balaban J connectivity index is 2.00. The summed E-state index contributed by atoms with van der Waals surface area (Å²) in [6.07, 6.45) is 0.846. The van der Waals surface area contributed by atoms with Crippen molar-refractivity contribution in [2.75, 3.05) is 79.3 Å². The third-order valence-corrected chi connectivity index (χ3v) is 4.32. The van der Waals surface area contributed by atoms with Crippen LogP contribution < -0.4 is 0 Å². The molecule has 0 heterocycles. The lowest BCUT2D eigenvalue weighted by Crippen LogP contribution is -2.14. The largest absolute Gasteiger partial charge is 0.502 e. The fourth-order valence-corrected chi connectivity index (χ4v) is 2.57. The maximum atomic E-state index is 12.1. The second-order valence-corrected chi connectivity index (χ2v) is 7.01. The SMILES string of the molecule is CCOCCOCCOCCOCCOCCOCc1ccc(C(=O)/C=C(\O)C(=O)OCC)cc1. The maximum absolute atomic E-state index is 12.1. The average Bonchev–Trinajstić information content (AvgIpc) is 2.86. The normalized spacial score (nSPS) is 11.5. The smallest absolute Gasteiger partial charge is 0.373 e. The quantitative estimate of drug-likeness (QED) is 0.0839. The Bertz CT molecular complexity index is 717. The molecular weight excluding hydrogens is 460 g/mol. The van der Waals surface area contributed by atoms with Gasteiger partial charge in [-0.1, -0.05) is 24.3 Å². The molecule has 0 saturated heterocycles. The van der Waals surface area contributed by atoms with Gasteiger partial charge in [0.15, 0.2) is 5.78 Å². The first-order valence-electron chi connectivity index (χ1n) is 11.8. The summed E-state index contributed by atoms with van der Waals surface area (Å²) in [5.74, 6) is -2.15. The molecule has 10 nitrogen and oxygen atoms in total. The van der Waals surface area contributed by atoms with Gasteiger partial charge < -0.3 is 38.3 Å². The van der Waals surface area contributed by atoms with Crippen molar-refractivity contribution in [3.05, 3.63) is 47.2 Å². The Labute approximate surface area is 207 Å². The number of benzene rings is 1. The Kier molecular flexibility index (Phi) is 18.4. The van der Waals surface area contributed by atoms with Crippen molar-refractivity contribution in [1.82, 2.24) is 0 Å². The minimum atomic E-state index is -0.931. The molecule has 198 valence electrons. The number of aliphatic hydroxyl groups excluding tert-OH is 1. The van der Waals surface area contributed by atoms with Crippen LogP contribution in [0.2, 0.25) is 0 Å². The number of carbonyl (C=O) groups is 2. The van der Waals surface area contributed by atoms with E-state index in [-0.39, 0.29) is 6.61 Å². The maximum Gasteiger partial charge on any atom is 0.373 e. The predicted molar refractivity (Wildman–Crippen MR) is 128 cm³/mol. The molecule has 0 aliphatic rings. The Morgan fingerprint density at radius 2 is 1.14 bits per heavy atom. The van der Waals surface area contributed by atoms with Crippen LogP contribution in [-0.4, -0.2) is 96.1 Å². The van der Waals surface area contributed by atoms with Gasteiger partial charge in [0.25, 0.3) is 0 Å². The standard InChI is InChI=1S/C25H38O10/c1-3-29-9-10-30-11-12-31-13-14-32-15-16-33-17-18-34-20-21-5-7-22(8-6-21)23(26)19-24(27)25(28)35-4-2/h5-8,19,27H,3-4,9-18,20H2,1-2H3/b24-19-. The molecular formula is C25H38O10. The number of rotatable bonds is 22. The summed E-state index contributed by atoms with van der Waals surface area (Å²) in [4.78, 5) is 23.4. The molecule has 10 heteroatoms. The highest BCUT2D eigenvalue weighted by atomic mass is 16.6. The number of ether oxygens (including phenoxy) is 7. The molecule has 1 rings (SSSR count). The van der Waals surface area contributed by atoms with Gasteiger partial charge in [0, 0.05) is 18.2 Å². The highest BCUT2D eigenvalue weighted by molar-refractivity contribution is 6.07. The third kappa shape index (κ3) is 16.0. The highest BCUT2D eigenvalue weighted by Crippen LogP contribution is 2.08. The summed E-state index contributed by atoms with van der Waals surface area (Å²) in [6.45, 7) is 9.77. The summed E-state index contributed by atoms with van der Waals surface area (Å²) in [5.41, 5.74) is 1.22. The molecule has 0 radical (unpaired) electrons. The van der Waals surface area contributed by atoms with Crippen molar-refractivity contribution in [2.45, 2.75) is 20.5 Å². The van der Waals surface area contributed by atoms with Crippen molar-refractivity contribution >= 4 is 11.8 Å². The minimum Gasteiger partial charge on any atom is -0.502 e. The zero-order valence-electron chi connectivity index (χ0n) is 20.7. The van der Waals surface area contributed by atoms with Crippen LogP contribution >= 0.6 is 0 Å². The summed E-state index contributed by atoms with van der Waals surface area (Å²) in [6, 6.07) is 6.69. The molecule has 0 atom stereocenters. The van der Waals surface area contributed by atoms with Crippen LogP contribution in [0, 0.1) is 0 Å². The van der Waals surface area contributed by atoms with E-state index >= 15 is 0 Å². The number of esters is 1. The molecule has 0 bridgehead atoms. The van der Waals surface area contributed by atoms with Gasteiger partial charge >= 0.3 is 5.97 Å². The molecule has 0 spiro atoms. The first kappa shape index (κ1) is 30.7. The molecule has 1 aromatic rings. The monoisotopic (exact) mass is 498 g/mol. The first-order valence-corrected chi connectivity index (χ1v) is 11.8. The lowest BCUT2D eigenvalue weighted by Gasteiger charge is -2.08. The number of aliphatic hydroxyl groups is 1. The van der Waals surface area contributed by atoms with Gasteiger partial charge in [-0.3, -0.25) is 4.79 Å². The van der Waals surface area contributed by atoms with Crippen LogP contribution in [0.15, 0.2) is 36.1 Å². The van der Waals surface area contributed by atoms with E-state index in [1.165, 1.54) is 0 Å². The Morgan fingerprint density at radius 1 is 0.686 bits per heavy atom. The molecule has 0 unspecified atom stereocenters. The molecule has 1 N–H and O–H groups in total. The number of allylic oxidation sites excluding steroid dienone is 1. The van der Waals surface area contributed by atoms with Crippen LogP contribution in [0.25, 0.3) is 0 Å². The van der Waals surface area contributed by atoms with Crippen molar-refractivity contribution in [3.63, 3.8) is 0 Å². The molecule has 35 heavy (non-hydrogen) atoms. The van der Waals surface area contributed by atoms with E-state index in [2.05, 4.69) is 4.74 Å². The van der Waals surface area contributed by atoms with E-state index in [0.717, 1.165) is 11.6 Å². The lowest BCUT2D eigenvalue weighted by atomic mass is 10.1. The van der Waals surface area contributed by atoms with Crippen LogP contribution in [0.1, 0.15) is 29.8 Å². The number of hydrogen-bond donors (Lipinski definition) is 1. The van der Waals surface area contributed by atoms with E-state index in [1.807, 2.05) is 6.92 Å². The molecule has 0 fully saturated rings. The molecule has 0 saturated carbocycles. The van der Waals surface area contributed by atoms with Crippen LogP contribution in [0.5, 0.6) is 0 Å². The molecule has 0 amide bonds. The van der Waals surface area contributed by atoms with Gasteiger partial charge in [-0.15, -0.1) is 0 Å². The van der Waals surface area contributed by atoms with Crippen molar-refractivity contribution < 1.29 is 47.9 Å². The number of ketones is 1. The zero-order chi connectivity index (χ0) is 25.6. The Morgan fingerprint density at radius 3 is 1.60 bits per heavy atom. The fourth-order valence-electron chi connectivity index (χ4n) is 2.57. The van der Waals surface area contributed by atoms with Crippen LogP contribution in [0.4, 0.5) is 0 Å². The van der Waals surface area contributed by atoms with Crippen molar-refractivity contribution in [3.8, 4) is 0 Å². The van der Waals surface area contributed by atoms with Crippen LogP contribution in [-0.2, 0) is 44.6 Å². The summed E-state index contributed by atoms with van der Waals surface area (Å²) < 4.78 is 37.0. The minimum absolute atomic E-state index is 0.112. The van der Waals surface area contributed by atoms with Gasteiger partial charge in [-0.2, -0.15) is 0 Å². The van der Waals surface area contributed by atoms with Crippen molar-refractivity contribution in [1.29, 1.82) is 0 Å². The van der Waals surface area contributed by atoms with E-state index in [9.17, 15) is 14.7 Å². The van der Waals surface area contributed by atoms with Gasteiger partial charge in [0.1, 0.15) is 0 Å². The van der Waals surface area contributed by atoms with E-state index < -0.39 is 17.5 Å². The number of hydrogen-bond acceptors (Lipinski definition) is 10. The van der Waals surface area contributed by atoms with E-state index in [4.69, 9.17) is 28.4 Å².